The number of carbonyl (C=O) groups excluding carboxylic acids is 1. The van der Waals surface area contributed by atoms with Crippen molar-refractivity contribution in [2.45, 2.75) is 0 Å². The van der Waals surface area contributed by atoms with Crippen LogP contribution >= 0.6 is 11.6 Å². The third-order valence-corrected chi connectivity index (χ3v) is 2.69. The largest absolute Gasteiger partial charge is 0.411 e. The molecule has 0 spiro atoms. The number of aromatic nitrogens is 2. The highest BCUT2D eigenvalue weighted by Crippen LogP contribution is 2.20. The number of nitrogens with one attached hydrogen (secondary N) is 1. The molecule has 0 aliphatic carbocycles. The van der Waals surface area contributed by atoms with Crippen molar-refractivity contribution in [2.24, 2.45) is 5.16 Å². The van der Waals surface area contributed by atoms with Crippen LogP contribution in [0.1, 0.15) is 10.5 Å². The molecular weight excluding hydrogens is 280 g/mol. The Morgan fingerprint density at radius 3 is 3.00 bits per heavy atom. The molecule has 1 aromatic heterocycles. The fourth-order valence-electron chi connectivity index (χ4n) is 1.56. The molecule has 0 aliphatic rings. The lowest BCUT2D eigenvalue weighted by Gasteiger charge is -2.04. The number of halogens is 1. The number of oxime groups is 1. The molecule has 7 heteroatoms. The maximum atomic E-state index is 11.8. The summed E-state index contributed by atoms with van der Waals surface area (Å²) in [6, 6.07) is 8.72. The first-order valence-electron chi connectivity index (χ1n) is 5.73. The first kappa shape index (κ1) is 14.0. The van der Waals surface area contributed by atoms with Crippen LogP contribution in [0.15, 0.2) is 41.8 Å². The summed E-state index contributed by atoms with van der Waals surface area (Å²) in [5, 5.41) is 14.2. The minimum Gasteiger partial charge on any atom is -0.411 e. The van der Waals surface area contributed by atoms with Gasteiger partial charge in [-0.05, 0) is 18.2 Å². The van der Waals surface area contributed by atoms with Gasteiger partial charge in [-0.15, -0.1) is 5.16 Å². The summed E-state index contributed by atoms with van der Waals surface area (Å²) in [4.78, 5) is 19.8. The molecule has 0 saturated heterocycles. The van der Waals surface area contributed by atoms with Crippen molar-refractivity contribution in [2.75, 3.05) is 6.54 Å². The highest BCUT2D eigenvalue weighted by molar-refractivity contribution is 6.30. The summed E-state index contributed by atoms with van der Waals surface area (Å²) >= 11 is 5.92. The van der Waals surface area contributed by atoms with Gasteiger partial charge in [0.15, 0.2) is 0 Å². The maximum absolute atomic E-state index is 11.8. The quantitative estimate of drug-likeness (QED) is 0.512. The second-order valence-corrected chi connectivity index (χ2v) is 4.24. The van der Waals surface area contributed by atoms with E-state index in [9.17, 15) is 4.79 Å². The number of hydrogen-bond donors (Lipinski definition) is 2. The monoisotopic (exact) mass is 290 g/mol. The summed E-state index contributed by atoms with van der Waals surface area (Å²) in [5.41, 5.74) is 1.62. The fourth-order valence-corrected chi connectivity index (χ4v) is 1.75. The fraction of sp³-hybridized carbons (Fsp3) is 0.0769. The van der Waals surface area contributed by atoms with E-state index >= 15 is 0 Å². The topological polar surface area (TPSA) is 87.5 Å². The molecule has 0 unspecified atom stereocenters. The van der Waals surface area contributed by atoms with Crippen molar-refractivity contribution in [3.63, 3.8) is 0 Å². The molecule has 1 heterocycles. The maximum Gasteiger partial charge on any atom is 0.270 e. The molecule has 0 radical (unpaired) electrons. The molecule has 2 N–H and O–H groups in total. The molecule has 20 heavy (non-hydrogen) atoms. The molecule has 0 fully saturated rings. The number of benzene rings is 1. The Morgan fingerprint density at radius 2 is 2.25 bits per heavy atom. The van der Waals surface area contributed by atoms with Crippen LogP contribution in [0.3, 0.4) is 0 Å². The SMILES string of the molecule is O=C(NCC=NO)c1cc(-c2cccc(Cl)c2)ncn1. The van der Waals surface area contributed by atoms with Crippen LogP contribution in [0.5, 0.6) is 0 Å². The number of hydrogen-bond acceptors (Lipinski definition) is 5. The Bertz CT molecular complexity index is 646. The van der Waals surface area contributed by atoms with E-state index in [1.807, 2.05) is 6.07 Å². The summed E-state index contributed by atoms with van der Waals surface area (Å²) < 4.78 is 0. The Labute approximate surface area is 120 Å². The molecule has 0 aliphatic heterocycles. The van der Waals surface area contributed by atoms with E-state index in [1.54, 1.807) is 24.3 Å². The zero-order chi connectivity index (χ0) is 14.4. The molecule has 6 nitrogen and oxygen atoms in total. The predicted molar refractivity (Wildman–Crippen MR) is 75.1 cm³/mol. The van der Waals surface area contributed by atoms with Crippen molar-refractivity contribution < 1.29 is 10.0 Å². The van der Waals surface area contributed by atoms with Crippen molar-refractivity contribution in [3.8, 4) is 11.3 Å². The van der Waals surface area contributed by atoms with Gasteiger partial charge in [-0.1, -0.05) is 23.7 Å². The van der Waals surface area contributed by atoms with Gasteiger partial charge in [0, 0.05) is 10.6 Å². The predicted octanol–water partition coefficient (Wildman–Crippen LogP) is 1.99. The van der Waals surface area contributed by atoms with Gasteiger partial charge in [0.25, 0.3) is 5.91 Å². The third kappa shape index (κ3) is 3.52. The van der Waals surface area contributed by atoms with Gasteiger partial charge in [-0.25, -0.2) is 9.97 Å². The van der Waals surface area contributed by atoms with Crippen molar-refractivity contribution in [1.82, 2.24) is 15.3 Å². The first-order valence-corrected chi connectivity index (χ1v) is 6.10. The average Bonchev–Trinajstić information content (AvgIpc) is 2.47. The molecule has 2 aromatic rings. The van der Waals surface area contributed by atoms with Crippen molar-refractivity contribution in [1.29, 1.82) is 0 Å². The summed E-state index contributed by atoms with van der Waals surface area (Å²) in [5.74, 6) is -0.379. The van der Waals surface area contributed by atoms with Crippen LogP contribution in [0.2, 0.25) is 5.02 Å². The Hall–Kier alpha value is -2.47. The van der Waals surface area contributed by atoms with Gasteiger partial charge in [0.2, 0.25) is 0 Å². The van der Waals surface area contributed by atoms with E-state index in [4.69, 9.17) is 16.8 Å². The van der Waals surface area contributed by atoms with E-state index in [-0.39, 0.29) is 18.1 Å². The van der Waals surface area contributed by atoms with Crippen molar-refractivity contribution >= 4 is 23.7 Å². The zero-order valence-electron chi connectivity index (χ0n) is 10.3. The Kier molecular flexibility index (Phi) is 4.62. The highest BCUT2D eigenvalue weighted by atomic mass is 35.5. The lowest BCUT2D eigenvalue weighted by atomic mass is 10.1. The molecule has 2 rings (SSSR count). The third-order valence-electron chi connectivity index (χ3n) is 2.46. The molecule has 1 amide bonds. The summed E-state index contributed by atoms with van der Waals surface area (Å²) in [6.45, 7) is 0.117. The van der Waals surface area contributed by atoms with Gasteiger partial charge in [-0.3, -0.25) is 4.79 Å². The van der Waals surface area contributed by atoms with Crippen LogP contribution in [0, 0.1) is 0 Å². The van der Waals surface area contributed by atoms with Gasteiger partial charge in [0.05, 0.1) is 18.5 Å². The Morgan fingerprint density at radius 1 is 1.40 bits per heavy atom. The van der Waals surface area contributed by atoms with Gasteiger partial charge >= 0.3 is 0 Å². The van der Waals surface area contributed by atoms with Crippen LogP contribution in [0.25, 0.3) is 11.3 Å². The van der Waals surface area contributed by atoms with E-state index in [2.05, 4.69) is 20.4 Å². The molecule has 1 aromatic carbocycles. The highest BCUT2D eigenvalue weighted by Gasteiger charge is 2.09. The molecule has 0 atom stereocenters. The number of carbonyl (C=O) groups is 1. The van der Waals surface area contributed by atoms with Gasteiger partial charge < -0.3 is 10.5 Å². The molecule has 0 bridgehead atoms. The molecule has 0 saturated carbocycles. The minimum atomic E-state index is -0.379. The normalized spacial score (nSPS) is 10.7. The summed E-state index contributed by atoms with van der Waals surface area (Å²) in [7, 11) is 0. The number of amides is 1. The van der Waals surface area contributed by atoms with Gasteiger partial charge in [-0.2, -0.15) is 0 Å². The van der Waals surface area contributed by atoms with Crippen LogP contribution in [0.4, 0.5) is 0 Å². The lowest BCUT2D eigenvalue weighted by Crippen LogP contribution is -2.26. The summed E-state index contributed by atoms with van der Waals surface area (Å²) in [6.07, 6.45) is 2.47. The smallest absolute Gasteiger partial charge is 0.270 e. The van der Waals surface area contributed by atoms with E-state index in [1.165, 1.54) is 6.33 Å². The number of nitrogens with zero attached hydrogens (tertiary/aromatic N) is 3. The van der Waals surface area contributed by atoms with Crippen LogP contribution < -0.4 is 5.32 Å². The minimum absolute atomic E-state index is 0.117. The number of rotatable bonds is 4. The van der Waals surface area contributed by atoms with Gasteiger partial charge in [0.1, 0.15) is 12.0 Å². The molecule has 102 valence electrons. The standard InChI is InChI=1S/C13H11ClN4O2/c14-10-3-1-2-9(6-10)11-7-12(17-8-16-11)13(19)15-4-5-18-20/h1-3,5-8,20H,4H2,(H,15,19). The van der Waals surface area contributed by atoms with E-state index < -0.39 is 0 Å². The van der Waals surface area contributed by atoms with E-state index in [0.29, 0.717) is 10.7 Å². The Balaban J connectivity index is 2.21. The lowest BCUT2D eigenvalue weighted by molar-refractivity contribution is 0.0954. The second kappa shape index (κ2) is 6.63. The van der Waals surface area contributed by atoms with Crippen LogP contribution in [-0.2, 0) is 0 Å². The first-order chi connectivity index (χ1) is 9.70. The van der Waals surface area contributed by atoms with Crippen LogP contribution in [-0.4, -0.2) is 33.8 Å². The van der Waals surface area contributed by atoms with E-state index in [0.717, 1.165) is 11.8 Å². The zero-order valence-corrected chi connectivity index (χ0v) is 11.1. The average molecular weight is 291 g/mol. The van der Waals surface area contributed by atoms with Crippen molar-refractivity contribution in [3.05, 3.63) is 47.4 Å². The second-order valence-electron chi connectivity index (χ2n) is 3.81. The molecular formula is C13H11ClN4O2.